The third-order valence-electron chi connectivity index (χ3n) is 3.03. The van der Waals surface area contributed by atoms with Crippen molar-refractivity contribution >= 4 is 6.09 Å². The molecular weight excluding hydrogens is 246 g/mol. The topological polar surface area (TPSA) is 48.0 Å². The van der Waals surface area contributed by atoms with Gasteiger partial charge in [0, 0.05) is 26.9 Å². The van der Waals surface area contributed by atoms with Crippen molar-refractivity contribution in [1.82, 2.24) is 4.90 Å². The third kappa shape index (κ3) is 5.78. The number of hydrogen-bond acceptors (Lipinski definition) is 4. The lowest BCUT2D eigenvalue weighted by Gasteiger charge is -2.27. The molecule has 0 aromatic heterocycles. The highest BCUT2D eigenvalue weighted by atomic mass is 16.6. The summed E-state index contributed by atoms with van der Waals surface area (Å²) < 4.78 is 16.2. The summed E-state index contributed by atoms with van der Waals surface area (Å²) >= 11 is 0. The lowest BCUT2D eigenvalue weighted by atomic mass is 10.1. The van der Waals surface area contributed by atoms with Gasteiger partial charge in [0.2, 0.25) is 0 Å². The summed E-state index contributed by atoms with van der Waals surface area (Å²) in [6.45, 7) is 10.3. The number of carbonyl (C=O) groups is 1. The van der Waals surface area contributed by atoms with Crippen LogP contribution in [-0.4, -0.2) is 55.6 Å². The van der Waals surface area contributed by atoms with Crippen LogP contribution in [0.2, 0.25) is 0 Å². The number of amides is 1. The van der Waals surface area contributed by atoms with Gasteiger partial charge < -0.3 is 19.1 Å². The zero-order valence-electron chi connectivity index (χ0n) is 12.8. The van der Waals surface area contributed by atoms with E-state index in [9.17, 15) is 4.79 Å². The SMILES string of the molecule is COCCCOC1(C)CCN(C(=O)OC(C)(C)C)C1. The van der Waals surface area contributed by atoms with Crippen LogP contribution in [0.25, 0.3) is 0 Å². The lowest BCUT2D eigenvalue weighted by molar-refractivity contribution is -0.0330. The normalized spacial score (nSPS) is 23.7. The molecule has 0 aliphatic carbocycles. The van der Waals surface area contributed by atoms with Crippen molar-refractivity contribution < 1.29 is 19.0 Å². The fourth-order valence-corrected chi connectivity index (χ4v) is 2.06. The first-order chi connectivity index (χ1) is 8.76. The van der Waals surface area contributed by atoms with Crippen molar-refractivity contribution in [1.29, 1.82) is 0 Å². The van der Waals surface area contributed by atoms with E-state index in [1.165, 1.54) is 0 Å². The largest absolute Gasteiger partial charge is 0.444 e. The van der Waals surface area contributed by atoms with E-state index in [1.807, 2.05) is 27.7 Å². The van der Waals surface area contributed by atoms with Gasteiger partial charge in [-0.05, 0) is 40.5 Å². The smallest absolute Gasteiger partial charge is 0.410 e. The molecule has 1 saturated heterocycles. The average Bonchev–Trinajstić information content (AvgIpc) is 2.66. The zero-order chi connectivity index (χ0) is 14.5. The molecule has 1 amide bonds. The van der Waals surface area contributed by atoms with Gasteiger partial charge in [0.15, 0.2) is 0 Å². The Bertz CT molecular complexity index is 300. The fourth-order valence-electron chi connectivity index (χ4n) is 2.06. The number of nitrogens with zero attached hydrogens (tertiary/aromatic N) is 1. The van der Waals surface area contributed by atoms with Gasteiger partial charge in [-0.25, -0.2) is 4.79 Å². The third-order valence-corrected chi connectivity index (χ3v) is 3.03. The first-order valence-electron chi connectivity index (χ1n) is 6.87. The van der Waals surface area contributed by atoms with Crippen LogP contribution in [0.3, 0.4) is 0 Å². The van der Waals surface area contributed by atoms with Crippen molar-refractivity contribution in [2.75, 3.05) is 33.4 Å². The molecule has 0 spiro atoms. The maximum absolute atomic E-state index is 12.0. The Kier molecular flexibility index (Phi) is 5.62. The summed E-state index contributed by atoms with van der Waals surface area (Å²) in [7, 11) is 1.68. The van der Waals surface area contributed by atoms with Gasteiger partial charge in [-0.1, -0.05) is 0 Å². The van der Waals surface area contributed by atoms with Gasteiger partial charge in [0.1, 0.15) is 5.60 Å². The minimum absolute atomic E-state index is 0.253. The lowest BCUT2D eigenvalue weighted by Crippen LogP contribution is -2.39. The van der Waals surface area contributed by atoms with Crippen LogP contribution in [0.1, 0.15) is 40.5 Å². The van der Waals surface area contributed by atoms with Crippen molar-refractivity contribution in [3.8, 4) is 0 Å². The highest BCUT2D eigenvalue weighted by Gasteiger charge is 2.38. The fraction of sp³-hybridized carbons (Fsp3) is 0.929. The van der Waals surface area contributed by atoms with E-state index in [1.54, 1.807) is 12.0 Å². The minimum Gasteiger partial charge on any atom is -0.444 e. The van der Waals surface area contributed by atoms with E-state index < -0.39 is 5.60 Å². The molecule has 1 atom stereocenters. The Morgan fingerprint density at radius 1 is 1.32 bits per heavy atom. The zero-order valence-corrected chi connectivity index (χ0v) is 12.8. The number of likely N-dealkylation sites (tertiary alicyclic amines) is 1. The summed E-state index contributed by atoms with van der Waals surface area (Å²) in [5, 5.41) is 0. The second-order valence-corrected chi connectivity index (χ2v) is 6.30. The van der Waals surface area contributed by atoms with Gasteiger partial charge >= 0.3 is 6.09 Å². The Hall–Kier alpha value is -0.810. The Morgan fingerprint density at radius 3 is 2.58 bits per heavy atom. The average molecular weight is 273 g/mol. The molecule has 0 bridgehead atoms. The molecule has 1 aliphatic heterocycles. The number of ether oxygens (including phenoxy) is 3. The molecule has 0 saturated carbocycles. The monoisotopic (exact) mass is 273 g/mol. The van der Waals surface area contributed by atoms with Gasteiger partial charge in [0.05, 0.1) is 12.1 Å². The molecule has 5 nitrogen and oxygen atoms in total. The summed E-state index contributed by atoms with van der Waals surface area (Å²) in [4.78, 5) is 13.7. The van der Waals surface area contributed by atoms with Crippen molar-refractivity contribution in [2.45, 2.75) is 51.7 Å². The Morgan fingerprint density at radius 2 is 2.00 bits per heavy atom. The minimum atomic E-state index is -0.449. The highest BCUT2D eigenvalue weighted by Crippen LogP contribution is 2.26. The van der Waals surface area contributed by atoms with Crippen LogP contribution in [0.15, 0.2) is 0 Å². The van der Waals surface area contributed by atoms with Crippen LogP contribution >= 0.6 is 0 Å². The molecule has 0 radical (unpaired) electrons. The molecule has 0 N–H and O–H groups in total. The van der Waals surface area contributed by atoms with E-state index in [4.69, 9.17) is 14.2 Å². The van der Waals surface area contributed by atoms with E-state index in [0.29, 0.717) is 26.3 Å². The van der Waals surface area contributed by atoms with E-state index >= 15 is 0 Å². The van der Waals surface area contributed by atoms with Crippen molar-refractivity contribution in [3.05, 3.63) is 0 Å². The summed E-state index contributed by atoms with van der Waals surface area (Å²) in [5.41, 5.74) is -0.708. The molecule has 1 unspecified atom stereocenters. The van der Waals surface area contributed by atoms with Gasteiger partial charge in [0.25, 0.3) is 0 Å². The summed E-state index contributed by atoms with van der Waals surface area (Å²) in [6.07, 6.45) is 1.47. The van der Waals surface area contributed by atoms with Crippen molar-refractivity contribution in [3.63, 3.8) is 0 Å². The quantitative estimate of drug-likeness (QED) is 0.722. The predicted octanol–water partition coefficient (Wildman–Crippen LogP) is 2.44. The Balaban J connectivity index is 2.37. The van der Waals surface area contributed by atoms with Crippen LogP contribution < -0.4 is 0 Å². The summed E-state index contributed by atoms with van der Waals surface area (Å²) in [6, 6.07) is 0. The molecule has 1 fully saturated rings. The molecular formula is C14H27NO4. The van der Waals surface area contributed by atoms with Crippen LogP contribution in [-0.2, 0) is 14.2 Å². The second-order valence-electron chi connectivity index (χ2n) is 6.30. The van der Waals surface area contributed by atoms with Crippen LogP contribution in [0, 0.1) is 0 Å². The van der Waals surface area contributed by atoms with Gasteiger partial charge in [-0.3, -0.25) is 0 Å². The standard InChI is InChI=1S/C14H27NO4/c1-13(2,3)19-12(16)15-8-7-14(4,11-15)18-10-6-9-17-5/h6-11H2,1-5H3. The van der Waals surface area contributed by atoms with E-state index in [-0.39, 0.29) is 11.7 Å². The number of hydrogen-bond donors (Lipinski definition) is 0. The Labute approximate surface area is 116 Å². The molecule has 1 heterocycles. The molecule has 0 aromatic carbocycles. The van der Waals surface area contributed by atoms with Crippen LogP contribution in [0.5, 0.6) is 0 Å². The number of rotatable bonds is 5. The molecule has 0 aromatic rings. The first-order valence-corrected chi connectivity index (χ1v) is 6.87. The molecule has 5 heteroatoms. The highest BCUT2D eigenvalue weighted by molar-refractivity contribution is 5.68. The number of methoxy groups -OCH3 is 1. The molecule has 19 heavy (non-hydrogen) atoms. The maximum atomic E-state index is 12.0. The molecule has 1 rings (SSSR count). The van der Waals surface area contributed by atoms with Gasteiger partial charge in [-0.15, -0.1) is 0 Å². The summed E-state index contributed by atoms with van der Waals surface area (Å²) in [5.74, 6) is 0. The van der Waals surface area contributed by atoms with Crippen molar-refractivity contribution in [2.24, 2.45) is 0 Å². The first kappa shape index (κ1) is 16.2. The van der Waals surface area contributed by atoms with Gasteiger partial charge in [-0.2, -0.15) is 0 Å². The predicted molar refractivity (Wildman–Crippen MR) is 73.3 cm³/mol. The number of carbonyl (C=O) groups excluding carboxylic acids is 1. The molecule has 112 valence electrons. The molecule has 1 aliphatic rings. The van der Waals surface area contributed by atoms with E-state index in [0.717, 1.165) is 12.8 Å². The maximum Gasteiger partial charge on any atom is 0.410 e. The second kappa shape index (κ2) is 6.57. The van der Waals surface area contributed by atoms with E-state index in [2.05, 4.69) is 0 Å². The van der Waals surface area contributed by atoms with Crippen LogP contribution in [0.4, 0.5) is 4.79 Å².